The standard InChI is InChI=1S/C20H21N5O2/c1-20-18-15(14-4-2-3-5-16(14)22-18)6-8-25(20)17(26)12-24(19(20)27)11-10-23-9-7-21-13-23/h2-5,7,9,13,22H,6,8,10-12H2,1H3/t20-/m0/s1. The molecule has 3 aromatic rings. The van der Waals surface area contributed by atoms with Crippen molar-refractivity contribution in [1.29, 1.82) is 0 Å². The van der Waals surface area contributed by atoms with Crippen LogP contribution in [0.5, 0.6) is 0 Å². The number of nitrogens with one attached hydrogen (secondary N) is 1. The van der Waals surface area contributed by atoms with E-state index < -0.39 is 5.54 Å². The van der Waals surface area contributed by atoms with E-state index in [1.54, 1.807) is 22.3 Å². The normalized spacial score (nSPS) is 22.3. The van der Waals surface area contributed by atoms with E-state index in [1.807, 2.05) is 35.9 Å². The van der Waals surface area contributed by atoms with Gasteiger partial charge >= 0.3 is 0 Å². The van der Waals surface area contributed by atoms with Gasteiger partial charge in [-0.15, -0.1) is 0 Å². The number of benzene rings is 1. The molecule has 7 heteroatoms. The Labute approximate surface area is 156 Å². The molecule has 1 atom stereocenters. The van der Waals surface area contributed by atoms with Crippen molar-refractivity contribution in [3.8, 4) is 0 Å². The lowest BCUT2D eigenvalue weighted by Gasteiger charge is -2.49. The first-order valence-electron chi connectivity index (χ1n) is 9.24. The molecule has 2 aliphatic rings. The van der Waals surface area contributed by atoms with Crippen molar-refractivity contribution in [2.45, 2.75) is 25.4 Å². The number of imidazole rings is 1. The predicted octanol–water partition coefficient (Wildman–Crippen LogP) is 1.51. The van der Waals surface area contributed by atoms with Gasteiger partial charge in [-0.25, -0.2) is 4.98 Å². The van der Waals surface area contributed by atoms with E-state index in [2.05, 4.69) is 16.0 Å². The van der Waals surface area contributed by atoms with E-state index in [0.29, 0.717) is 19.6 Å². The molecule has 2 aromatic heterocycles. The van der Waals surface area contributed by atoms with Gasteiger partial charge in [0.2, 0.25) is 5.91 Å². The highest BCUT2D eigenvalue weighted by molar-refractivity contribution is 6.00. The maximum absolute atomic E-state index is 13.5. The number of fused-ring (bicyclic) bond motifs is 5. The number of aromatic amines is 1. The minimum atomic E-state index is -0.975. The second-order valence-electron chi connectivity index (χ2n) is 7.42. The van der Waals surface area contributed by atoms with Gasteiger partial charge < -0.3 is 19.4 Å². The van der Waals surface area contributed by atoms with Crippen molar-refractivity contribution in [3.05, 3.63) is 54.2 Å². The Morgan fingerprint density at radius 1 is 1.22 bits per heavy atom. The first kappa shape index (κ1) is 16.1. The number of amides is 2. The summed E-state index contributed by atoms with van der Waals surface area (Å²) in [6, 6.07) is 8.09. The summed E-state index contributed by atoms with van der Waals surface area (Å²) in [6.45, 7) is 3.70. The highest BCUT2D eigenvalue weighted by Gasteiger charge is 2.53. The number of carbonyl (C=O) groups excluding carboxylic acids is 2. The van der Waals surface area contributed by atoms with Gasteiger partial charge in [-0.3, -0.25) is 9.59 Å². The van der Waals surface area contributed by atoms with E-state index in [-0.39, 0.29) is 18.4 Å². The topological polar surface area (TPSA) is 74.2 Å². The summed E-state index contributed by atoms with van der Waals surface area (Å²) >= 11 is 0. The van der Waals surface area contributed by atoms with Crippen LogP contribution in [0.3, 0.4) is 0 Å². The zero-order chi connectivity index (χ0) is 18.6. The van der Waals surface area contributed by atoms with Gasteiger partial charge in [0.15, 0.2) is 5.54 Å². The summed E-state index contributed by atoms with van der Waals surface area (Å²) in [4.78, 5) is 37.3. The second kappa shape index (κ2) is 5.70. The average molecular weight is 363 g/mol. The maximum atomic E-state index is 13.5. The van der Waals surface area contributed by atoms with Crippen LogP contribution in [-0.2, 0) is 28.1 Å². The van der Waals surface area contributed by atoms with Crippen LogP contribution in [0.4, 0.5) is 0 Å². The average Bonchev–Trinajstić information content (AvgIpc) is 3.32. The molecule has 0 spiro atoms. The molecular weight excluding hydrogens is 342 g/mol. The van der Waals surface area contributed by atoms with Crippen LogP contribution in [0.15, 0.2) is 43.0 Å². The van der Waals surface area contributed by atoms with Gasteiger partial charge in [0.05, 0.1) is 18.6 Å². The Bertz CT molecular complexity index is 1040. The van der Waals surface area contributed by atoms with E-state index in [1.165, 1.54) is 0 Å². The van der Waals surface area contributed by atoms with Gasteiger partial charge in [-0.05, 0) is 25.0 Å². The number of rotatable bonds is 3. The Hall–Kier alpha value is -3.09. The number of nitrogens with zero attached hydrogens (tertiary/aromatic N) is 4. The summed E-state index contributed by atoms with van der Waals surface area (Å²) < 4.78 is 1.92. The number of hydrogen-bond donors (Lipinski definition) is 1. The van der Waals surface area contributed by atoms with Crippen molar-refractivity contribution in [1.82, 2.24) is 24.3 Å². The Morgan fingerprint density at radius 3 is 2.89 bits per heavy atom. The predicted molar refractivity (Wildman–Crippen MR) is 99.9 cm³/mol. The lowest BCUT2D eigenvalue weighted by atomic mass is 9.83. The number of para-hydroxylation sites is 1. The number of aromatic nitrogens is 3. The van der Waals surface area contributed by atoms with Crippen LogP contribution in [0.1, 0.15) is 18.2 Å². The van der Waals surface area contributed by atoms with Crippen molar-refractivity contribution in [3.63, 3.8) is 0 Å². The van der Waals surface area contributed by atoms with E-state index in [4.69, 9.17) is 0 Å². The van der Waals surface area contributed by atoms with Crippen molar-refractivity contribution in [2.75, 3.05) is 19.6 Å². The quantitative estimate of drug-likeness (QED) is 0.766. The molecule has 2 amide bonds. The smallest absolute Gasteiger partial charge is 0.254 e. The maximum Gasteiger partial charge on any atom is 0.254 e. The Kier molecular flexibility index (Phi) is 3.40. The van der Waals surface area contributed by atoms with Crippen molar-refractivity contribution < 1.29 is 9.59 Å². The zero-order valence-corrected chi connectivity index (χ0v) is 15.2. The van der Waals surface area contributed by atoms with Crippen molar-refractivity contribution in [2.24, 2.45) is 0 Å². The third kappa shape index (κ3) is 2.24. The summed E-state index contributed by atoms with van der Waals surface area (Å²) in [5.74, 6) is -0.0123. The van der Waals surface area contributed by atoms with Gasteiger partial charge in [0.25, 0.3) is 5.91 Å². The lowest BCUT2D eigenvalue weighted by molar-refractivity contribution is -0.166. The molecule has 7 nitrogen and oxygen atoms in total. The minimum Gasteiger partial charge on any atom is -0.356 e. The summed E-state index contributed by atoms with van der Waals surface area (Å²) in [7, 11) is 0. The fraction of sp³-hybridized carbons (Fsp3) is 0.350. The Morgan fingerprint density at radius 2 is 2.07 bits per heavy atom. The zero-order valence-electron chi connectivity index (χ0n) is 15.2. The van der Waals surface area contributed by atoms with Crippen LogP contribution in [0, 0.1) is 0 Å². The van der Waals surface area contributed by atoms with Crippen LogP contribution < -0.4 is 0 Å². The first-order chi connectivity index (χ1) is 13.1. The molecule has 5 rings (SSSR count). The van der Waals surface area contributed by atoms with Crippen LogP contribution in [0.2, 0.25) is 0 Å². The monoisotopic (exact) mass is 363 g/mol. The molecule has 27 heavy (non-hydrogen) atoms. The molecule has 0 unspecified atom stereocenters. The van der Waals surface area contributed by atoms with Gasteiger partial charge in [0, 0.05) is 42.9 Å². The summed E-state index contributed by atoms with van der Waals surface area (Å²) in [5, 5.41) is 1.14. The molecule has 0 radical (unpaired) electrons. The number of hydrogen-bond acceptors (Lipinski definition) is 3. The van der Waals surface area contributed by atoms with Crippen LogP contribution in [0.25, 0.3) is 10.9 Å². The van der Waals surface area contributed by atoms with Crippen LogP contribution >= 0.6 is 0 Å². The fourth-order valence-electron chi connectivity index (χ4n) is 4.52. The number of carbonyl (C=O) groups is 2. The number of H-pyrrole nitrogens is 1. The van der Waals surface area contributed by atoms with Gasteiger partial charge in [0.1, 0.15) is 0 Å². The minimum absolute atomic E-state index is 0.00652. The molecule has 138 valence electrons. The largest absolute Gasteiger partial charge is 0.356 e. The molecule has 0 aliphatic carbocycles. The fourth-order valence-corrected chi connectivity index (χ4v) is 4.52. The van der Waals surface area contributed by atoms with E-state index in [0.717, 1.165) is 28.6 Å². The molecule has 4 heterocycles. The molecule has 1 N–H and O–H groups in total. The molecule has 2 aliphatic heterocycles. The van der Waals surface area contributed by atoms with Gasteiger partial charge in [-0.2, -0.15) is 0 Å². The third-order valence-electron chi connectivity index (χ3n) is 5.94. The highest BCUT2D eigenvalue weighted by atomic mass is 16.2. The molecule has 0 saturated carbocycles. The third-order valence-corrected chi connectivity index (χ3v) is 5.94. The molecule has 1 fully saturated rings. The summed E-state index contributed by atoms with van der Waals surface area (Å²) in [6.07, 6.45) is 6.06. The van der Waals surface area contributed by atoms with E-state index >= 15 is 0 Å². The molecule has 0 bridgehead atoms. The van der Waals surface area contributed by atoms with Crippen LogP contribution in [-0.4, -0.2) is 55.8 Å². The van der Waals surface area contributed by atoms with Gasteiger partial charge in [-0.1, -0.05) is 18.2 Å². The highest BCUT2D eigenvalue weighted by Crippen LogP contribution is 2.41. The van der Waals surface area contributed by atoms with Crippen molar-refractivity contribution >= 4 is 22.7 Å². The second-order valence-corrected chi connectivity index (χ2v) is 7.42. The molecular formula is C20H21N5O2. The molecule has 1 aromatic carbocycles. The lowest BCUT2D eigenvalue weighted by Crippen LogP contribution is -2.67. The number of piperazine rings is 1. The van der Waals surface area contributed by atoms with E-state index in [9.17, 15) is 9.59 Å². The molecule has 1 saturated heterocycles. The SMILES string of the molecule is C[C@]12C(=O)N(CCn3ccnc3)CC(=O)N1CCc1c2[nH]c2ccccc12. The summed E-state index contributed by atoms with van der Waals surface area (Å²) in [5.41, 5.74) is 2.06. The Balaban J connectivity index is 1.55. The first-order valence-corrected chi connectivity index (χ1v) is 9.24.